The first kappa shape index (κ1) is 13.5. The molecule has 0 unspecified atom stereocenters. The number of halogens is 1. The predicted octanol–water partition coefficient (Wildman–Crippen LogP) is 3.91. The molecule has 0 spiro atoms. The van der Waals surface area contributed by atoms with Crippen molar-refractivity contribution < 1.29 is 4.52 Å². The summed E-state index contributed by atoms with van der Waals surface area (Å²) < 4.78 is 6.60. The minimum Gasteiger partial charge on any atom is -0.334 e. The van der Waals surface area contributed by atoms with Crippen LogP contribution in [0.1, 0.15) is 44.3 Å². The van der Waals surface area contributed by atoms with Gasteiger partial charge < -0.3 is 10.3 Å². The third kappa shape index (κ3) is 2.85. The number of nitrogens with two attached hydrogens (primary N) is 1. The average molecular weight is 389 g/mol. The summed E-state index contributed by atoms with van der Waals surface area (Å²) in [7, 11) is 0. The second kappa shape index (κ2) is 5.49. The van der Waals surface area contributed by atoms with Crippen molar-refractivity contribution in [3.63, 3.8) is 0 Å². The Balaban J connectivity index is 1.87. The van der Waals surface area contributed by atoms with Crippen LogP contribution in [0.25, 0.3) is 11.5 Å². The van der Waals surface area contributed by atoms with Crippen LogP contribution in [0, 0.1) is 2.88 Å². The van der Waals surface area contributed by atoms with Crippen molar-refractivity contribution >= 4 is 33.9 Å². The zero-order valence-electron chi connectivity index (χ0n) is 10.6. The van der Waals surface area contributed by atoms with Crippen LogP contribution in [0.4, 0.5) is 0 Å². The second-order valence-electron chi connectivity index (χ2n) is 5.13. The summed E-state index contributed by atoms with van der Waals surface area (Å²) in [5, 5.41) is 6.17. The number of nitrogens with zero attached hydrogens (tertiary/aromatic N) is 2. The molecule has 0 aliphatic heterocycles. The Morgan fingerprint density at radius 2 is 2.00 bits per heavy atom. The molecule has 19 heavy (non-hydrogen) atoms. The van der Waals surface area contributed by atoms with E-state index in [0.717, 1.165) is 31.2 Å². The summed E-state index contributed by atoms with van der Waals surface area (Å²) >= 11 is 3.96. The highest BCUT2D eigenvalue weighted by molar-refractivity contribution is 14.1. The van der Waals surface area contributed by atoms with Crippen LogP contribution < -0.4 is 5.73 Å². The smallest absolute Gasteiger partial charge is 0.258 e. The monoisotopic (exact) mass is 389 g/mol. The number of thiophene rings is 1. The van der Waals surface area contributed by atoms with Crippen LogP contribution >= 0.6 is 33.9 Å². The van der Waals surface area contributed by atoms with E-state index >= 15 is 0 Å². The van der Waals surface area contributed by atoms with Crippen LogP contribution in [-0.4, -0.2) is 10.1 Å². The lowest BCUT2D eigenvalue weighted by Gasteiger charge is -2.23. The van der Waals surface area contributed by atoms with Crippen molar-refractivity contribution in [2.75, 3.05) is 0 Å². The normalized spacial score (nSPS) is 19.3. The molecular formula is C13H16IN3OS. The largest absolute Gasteiger partial charge is 0.334 e. The van der Waals surface area contributed by atoms with E-state index < -0.39 is 5.54 Å². The highest BCUT2D eigenvalue weighted by atomic mass is 127. The van der Waals surface area contributed by atoms with Gasteiger partial charge in [-0.15, -0.1) is 11.3 Å². The maximum atomic E-state index is 6.49. The van der Waals surface area contributed by atoms with Crippen molar-refractivity contribution in [2.45, 2.75) is 44.1 Å². The van der Waals surface area contributed by atoms with Gasteiger partial charge in [0.15, 0.2) is 5.82 Å². The Labute approximate surface area is 129 Å². The van der Waals surface area contributed by atoms with Gasteiger partial charge >= 0.3 is 0 Å². The summed E-state index contributed by atoms with van der Waals surface area (Å²) in [4.78, 5) is 4.53. The zero-order chi connectivity index (χ0) is 13.3. The fourth-order valence-electron chi connectivity index (χ4n) is 2.55. The zero-order valence-corrected chi connectivity index (χ0v) is 13.5. The third-order valence-corrected chi connectivity index (χ3v) is 5.47. The van der Waals surface area contributed by atoms with Gasteiger partial charge in [0.2, 0.25) is 0 Å². The molecule has 2 heterocycles. The van der Waals surface area contributed by atoms with E-state index in [2.05, 4.69) is 38.8 Å². The summed E-state index contributed by atoms with van der Waals surface area (Å²) in [6.45, 7) is 0. The predicted molar refractivity (Wildman–Crippen MR) is 83.9 cm³/mol. The molecule has 0 saturated heterocycles. The Morgan fingerprint density at radius 1 is 1.26 bits per heavy atom. The number of hydrogen-bond acceptors (Lipinski definition) is 5. The molecule has 4 nitrogen and oxygen atoms in total. The first-order valence-corrected chi connectivity index (χ1v) is 8.51. The van der Waals surface area contributed by atoms with E-state index in [1.54, 1.807) is 11.3 Å². The van der Waals surface area contributed by atoms with Crippen LogP contribution in [0.2, 0.25) is 0 Å². The van der Waals surface area contributed by atoms with E-state index in [9.17, 15) is 0 Å². The topological polar surface area (TPSA) is 64.9 Å². The maximum absolute atomic E-state index is 6.49. The first-order chi connectivity index (χ1) is 9.17. The lowest BCUT2D eigenvalue weighted by atomic mass is 9.91. The van der Waals surface area contributed by atoms with E-state index in [1.807, 2.05) is 5.38 Å². The summed E-state index contributed by atoms with van der Waals surface area (Å²) in [5.41, 5.74) is 7.08. The van der Waals surface area contributed by atoms with Gasteiger partial charge in [-0.25, -0.2) is 0 Å². The molecule has 1 aliphatic carbocycles. The molecule has 1 saturated carbocycles. The molecule has 2 aromatic heterocycles. The third-order valence-electron chi connectivity index (χ3n) is 3.68. The molecule has 0 radical (unpaired) electrons. The van der Waals surface area contributed by atoms with Gasteiger partial charge in [-0.3, -0.25) is 0 Å². The summed E-state index contributed by atoms with van der Waals surface area (Å²) in [6, 6.07) is 2.05. The molecule has 3 rings (SSSR count). The SMILES string of the molecule is NC1(c2noc(-c3csc(I)c3)n2)CCCCCC1. The van der Waals surface area contributed by atoms with Gasteiger partial charge in [0.25, 0.3) is 5.89 Å². The fourth-order valence-corrected chi connectivity index (χ4v) is 3.87. The van der Waals surface area contributed by atoms with Crippen molar-refractivity contribution in [3.05, 3.63) is 20.2 Å². The van der Waals surface area contributed by atoms with E-state index in [-0.39, 0.29) is 0 Å². The fraction of sp³-hybridized carbons (Fsp3) is 0.538. The Morgan fingerprint density at radius 3 is 2.63 bits per heavy atom. The average Bonchev–Trinajstić information content (AvgIpc) is 2.97. The highest BCUT2D eigenvalue weighted by Crippen LogP contribution is 2.33. The number of rotatable bonds is 2. The molecule has 1 aliphatic rings. The first-order valence-electron chi connectivity index (χ1n) is 6.55. The van der Waals surface area contributed by atoms with Crippen molar-refractivity contribution in [2.24, 2.45) is 5.73 Å². The molecule has 0 amide bonds. The number of hydrogen-bond donors (Lipinski definition) is 1. The van der Waals surface area contributed by atoms with Crippen LogP contribution in [0.5, 0.6) is 0 Å². The van der Waals surface area contributed by atoms with Crippen molar-refractivity contribution in [1.29, 1.82) is 0 Å². The summed E-state index contributed by atoms with van der Waals surface area (Å²) in [6.07, 6.45) is 6.71. The molecule has 6 heteroatoms. The quantitative estimate of drug-likeness (QED) is 0.625. The van der Waals surface area contributed by atoms with Crippen molar-refractivity contribution in [3.8, 4) is 11.5 Å². The van der Waals surface area contributed by atoms with Crippen LogP contribution in [0.3, 0.4) is 0 Å². The molecule has 0 aromatic carbocycles. The maximum Gasteiger partial charge on any atom is 0.258 e. The number of aromatic nitrogens is 2. The van der Waals surface area contributed by atoms with Gasteiger partial charge in [-0.05, 0) is 41.5 Å². The Bertz CT molecular complexity index is 558. The van der Waals surface area contributed by atoms with Gasteiger partial charge in [0, 0.05) is 5.38 Å². The van der Waals surface area contributed by atoms with Gasteiger partial charge in [0.1, 0.15) is 0 Å². The standard InChI is InChI=1S/C13H16IN3OS/c14-10-7-9(8-19-10)11-16-12(17-18-11)13(15)5-3-1-2-4-6-13/h7-8H,1-6,15H2. The summed E-state index contributed by atoms with van der Waals surface area (Å²) in [5.74, 6) is 1.26. The van der Waals surface area contributed by atoms with E-state index in [0.29, 0.717) is 11.7 Å². The van der Waals surface area contributed by atoms with Crippen LogP contribution in [-0.2, 0) is 5.54 Å². The van der Waals surface area contributed by atoms with Gasteiger partial charge in [-0.2, -0.15) is 4.98 Å². The molecule has 2 aromatic rings. The minimum absolute atomic E-state index is 0.401. The van der Waals surface area contributed by atoms with Gasteiger partial charge in [0.05, 0.1) is 14.0 Å². The van der Waals surface area contributed by atoms with Gasteiger partial charge in [-0.1, -0.05) is 30.8 Å². The molecule has 0 bridgehead atoms. The molecule has 102 valence electrons. The Kier molecular flexibility index (Phi) is 3.91. The minimum atomic E-state index is -0.401. The molecule has 2 N–H and O–H groups in total. The lowest BCUT2D eigenvalue weighted by molar-refractivity contribution is 0.334. The highest BCUT2D eigenvalue weighted by Gasteiger charge is 2.33. The second-order valence-corrected chi connectivity index (χ2v) is 7.94. The van der Waals surface area contributed by atoms with E-state index in [4.69, 9.17) is 10.3 Å². The molecule has 1 fully saturated rings. The van der Waals surface area contributed by atoms with E-state index in [1.165, 1.54) is 15.7 Å². The molecule has 0 atom stereocenters. The van der Waals surface area contributed by atoms with Crippen LogP contribution in [0.15, 0.2) is 16.0 Å². The molecular weight excluding hydrogens is 373 g/mol. The lowest BCUT2D eigenvalue weighted by Crippen LogP contribution is -2.37. The van der Waals surface area contributed by atoms with Crippen molar-refractivity contribution in [1.82, 2.24) is 10.1 Å². The Hall–Kier alpha value is -0.470.